The molecule has 0 aromatic heterocycles. The molecule has 0 unspecified atom stereocenters. The van der Waals surface area contributed by atoms with E-state index in [-0.39, 0.29) is 22.9 Å². The Hall–Kier alpha value is -0.0800. The van der Waals surface area contributed by atoms with Gasteiger partial charge < -0.3 is 9.47 Å². The number of hydrogen-bond acceptors (Lipinski definition) is 2. The highest BCUT2D eigenvalue weighted by atomic mass is 16.5. The third kappa shape index (κ3) is 8.12. The van der Waals surface area contributed by atoms with Crippen LogP contribution in [0.3, 0.4) is 0 Å². The van der Waals surface area contributed by atoms with Crippen LogP contribution >= 0.6 is 0 Å². The van der Waals surface area contributed by atoms with Crippen LogP contribution in [0.25, 0.3) is 0 Å². The van der Waals surface area contributed by atoms with Crippen molar-refractivity contribution >= 4 is 0 Å². The second-order valence-electron chi connectivity index (χ2n) is 7.08. The van der Waals surface area contributed by atoms with E-state index in [2.05, 4.69) is 62.3 Å². The van der Waals surface area contributed by atoms with Gasteiger partial charge in [0.2, 0.25) is 0 Å². The lowest BCUT2D eigenvalue weighted by atomic mass is 9.91. The van der Waals surface area contributed by atoms with Gasteiger partial charge in [0, 0.05) is 6.42 Å². The van der Waals surface area contributed by atoms with Crippen molar-refractivity contribution in [3.8, 4) is 0 Å². The minimum atomic E-state index is -0.170. The minimum Gasteiger partial charge on any atom is -0.373 e. The molecule has 0 saturated carbocycles. The summed E-state index contributed by atoms with van der Waals surface area (Å²) < 4.78 is 12.0. The van der Waals surface area contributed by atoms with Gasteiger partial charge in [-0.15, -0.1) is 0 Å². The van der Waals surface area contributed by atoms with Gasteiger partial charge in [0.1, 0.15) is 0 Å². The van der Waals surface area contributed by atoms with Gasteiger partial charge in [-0.05, 0) is 62.3 Å². The molecule has 0 fully saturated rings. The fourth-order valence-electron chi connectivity index (χ4n) is 2.57. The maximum atomic E-state index is 6.06. The van der Waals surface area contributed by atoms with Crippen molar-refractivity contribution in [3.05, 3.63) is 0 Å². The largest absolute Gasteiger partial charge is 0.373 e. The summed E-state index contributed by atoms with van der Waals surface area (Å²) in [6.45, 7) is 18.9. The van der Waals surface area contributed by atoms with Crippen LogP contribution < -0.4 is 0 Å². The molecule has 0 rings (SSSR count). The Labute approximate surface area is 102 Å². The first-order chi connectivity index (χ1) is 6.83. The van der Waals surface area contributed by atoms with E-state index in [1.54, 1.807) is 0 Å². The molecule has 16 heavy (non-hydrogen) atoms. The van der Waals surface area contributed by atoms with Crippen LogP contribution in [-0.4, -0.2) is 22.9 Å². The fraction of sp³-hybridized carbons (Fsp3) is 1.00. The molecule has 0 heterocycles. The first kappa shape index (κ1) is 15.9. The molecule has 0 radical (unpaired) electrons. The summed E-state index contributed by atoms with van der Waals surface area (Å²) in [7, 11) is 0. The summed E-state index contributed by atoms with van der Waals surface area (Å²) in [5.41, 5.74) is -0.434. The molecule has 0 aliphatic rings. The number of rotatable bonds is 5. The molecule has 0 spiro atoms. The summed E-state index contributed by atoms with van der Waals surface area (Å²) in [6.07, 6.45) is 1.13. The molecule has 0 saturated heterocycles. The molecule has 98 valence electrons. The van der Waals surface area contributed by atoms with Gasteiger partial charge in [-0.1, -0.05) is 0 Å². The highest BCUT2D eigenvalue weighted by molar-refractivity contribution is 4.83. The van der Waals surface area contributed by atoms with Crippen molar-refractivity contribution in [3.63, 3.8) is 0 Å². The smallest absolute Gasteiger partial charge is 0.0660 e. The molecule has 0 amide bonds. The zero-order valence-corrected chi connectivity index (χ0v) is 12.6. The van der Waals surface area contributed by atoms with Gasteiger partial charge in [0.05, 0.1) is 22.9 Å². The molecule has 2 heteroatoms. The van der Waals surface area contributed by atoms with Gasteiger partial charge in [-0.25, -0.2) is 0 Å². The summed E-state index contributed by atoms with van der Waals surface area (Å²) >= 11 is 0. The normalized spacial score (nSPS) is 14.6. The molecule has 0 bridgehead atoms. The van der Waals surface area contributed by atoms with E-state index in [4.69, 9.17) is 9.47 Å². The average molecular weight is 230 g/mol. The SMILES string of the molecule is CC(C)OC(C)(C)CC(C)(C)OC(C)(C)C. The molecule has 0 aromatic carbocycles. The maximum Gasteiger partial charge on any atom is 0.0660 e. The Balaban J connectivity index is 4.45. The first-order valence-corrected chi connectivity index (χ1v) is 6.21. The molecular formula is C14H30O2. The van der Waals surface area contributed by atoms with Crippen LogP contribution in [0.1, 0.15) is 68.7 Å². The number of hydrogen-bond donors (Lipinski definition) is 0. The third-order valence-electron chi connectivity index (χ3n) is 1.99. The average Bonchev–Trinajstić information content (AvgIpc) is 1.69. The molecule has 0 aromatic rings. The topological polar surface area (TPSA) is 18.5 Å². The third-order valence-corrected chi connectivity index (χ3v) is 1.99. The monoisotopic (exact) mass is 230 g/mol. The first-order valence-electron chi connectivity index (χ1n) is 6.21. The van der Waals surface area contributed by atoms with E-state index in [1.165, 1.54) is 0 Å². The standard InChI is InChI=1S/C14H30O2/c1-11(2)15-13(6,7)10-14(8,9)16-12(3,4)5/h11H,10H2,1-9H3. The lowest BCUT2D eigenvalue weighted by Gasteiger charge is -2.40. The van der Waals surface area contributed by atoms with Crippen LogP contribution in [0, 0.1) is 0 Å². The molecule has 0 atom stereocenters. The molecule has 0 aliphatic carbocycles. The van der Waals surface area contributed by atoms with Crippen LogP contribution in [0.5, 0.6) is 0 Å². The van der Waals surface area contributed by atoms with E-state index in [0.717, 1.165) is 6.42 Å². The molecular weight excluding hydrogens is 200 g/mol. The predicted molar refractivity (Wildman–Crippen MR) is 69.8 cm³/mol. The van der Waals surface area contributed by atoms with Crippen LogP contribution in [-0.2, 0) is 9.47 Å². The summed E-state index contributed by atoms with van der Waals surface area (Å²) in [5, 5.41) is 0. The Morgan fingerprint density at radius 1 is 0.812 bits per heavy atom. The van der Waals surface area contributed by atoms with Crippen molar-refractivity contribution in [2.45, 2.75) is 91.6 Å². The summed E-state index contributed by atoms with van der Waals surface area (Å²) in [4.78, 5) is 0. The van der Waals surface area contributed by atoms with Crippen LogP contribution in [0.4, 0.5) is 0 Å². The van der Waals surface area contributed by atoms with Gasteiger partial charge >= 0.3 is 0 Å². The second-order valence-corrected chi connectivity index (χ2v) is 7.08. The highest BCUT2D eigenvalue weighted by Gasteiger charge is 2.33. The van der Waals surface area contributed by atoms with Crippen molar-refractivity contribution in [1.29, 1.82) is 0 Å². The van der Waals surface area contributed by atoms with Crippen LogP contribution in [0.15, 0.2) is 0 Å². The van der Waals surface area contributed by atoms with E-state index in [9.17, 15) is 0 Å². The predicted octanol–water partition coefficient (Wildman–Crippen LogP) is 4.17. The number of ether oxygens (including phenoxy) is 2. The van der Waals surface area contributed by atoms with Gasteiger partial charge in [-0.2, -0.15) is 0 Å². The van der Waals surface area contributed by atoms with Gasteiger partial charge in [-0.3, -0.25) is 0 Å². The minimum absolute atomic E-state index is 0.114. The zero-order chi connectivity index (χ0) is 13.2. The Bertz CT molecular complexity index is 209. The van der Waals surface area contributed by atoms with Crippen molar-refractivity contribution in [2.75, 3.05) is 0 Å². The Morgan fingerprint density at radius 3 is 1.56 bits per heavy atom. The van der Waals surface area contributed by atoms with Crippen LogP contribution in [0.2, 0.25) is 0 Å². The quantitative estimate of drug-likeness (QED) is 0.705. The van der Waals surface area contributed by atoms with E-state index >= 15 is 0 Å². The maximum absolute atomic E-state index is 6.06. The Morgan fingerprint density at radius 2 is 1.25 bits per heavy atom. The fourth-order valence-corrected chi connectivity index (χ4v) is 2.57. The van der Waals surface area contributed by atoms with E-state index in [0.29, 0.717) is 0 Å². The van der Waals surface area contributed by atoms with Crippen molar-refractivity contribution in [2.24, 2.45) is 0 Å². The summed E-state index contributed by atoms with van der Waals surface area (Å²) in [5.74, 6) is 0. The Kier molecular flexibility index (Phi) is 5.03. The van der Waals surface area contributed by atoms with Crippen molar-refractivity contribution in [1.82, 2.24) is 0 Å². The molecule has 0 aliphatic heterocycles. The molecule has 2 nitrogen and oxygen atoms in total. The lowest BCUT2D eigenvalue weighted by Crippen LogP contribution is -2.42. The van der Waals surface area contributed by atoms with E-state index in [1.807, 2.05) is 0 Å². The van der Waals surface area contributed by atoms with Gasteiger partial charge in [0.15, 0.2) is 0 Å². The van der Waals surface area contributed by atoms with E-state index < -0.39 is 0 Å². The zero-order valence-electron chi connectivity index (χ0n) is 12.6. The second kappa shape index (κ2) is 5.05. The highest BCUT2D eigenvalue weighted by Crippen LogP contribution is 2.30. The van der Waals surface area contributed by atoms with Crippen molar-refractivity contribution < 1.29 is 9.47 Å². The summed E-state index contributed by atoms with van der Waals surface area (Å²) in [6, 6.07) is 0. The molecule has 0 N–H and O–H groups in total. The lowest BCUT2D eigenvalue weighted by molar-refractivity contribution is -0.159. The van der Waals surface area contributed by atoms with Gasteiger partial charge in [0.25, 0.3) is 0 Å².